The fraction of sp³-hybridized carbons (Fsp3) is 0.650. The third kappa shape index (κ3) is 5.46. The van der Waals surface area contributed by atoms with Gasteiger partial charge in [0.05, 0.1) is 0 Å². The second-order valence-electron chi connectivity index (χ2n) is 7.59. The zero-order valence-electron chi connectivity index (χ0n) is 15.3. The van der Waals surface area contributed by atoms with E-state index < -0.39 is 0 Å². The van der Waals surface area contributed by atoms with Crippen LogP contribution in [0.5, 0.6) is 0 Å². The number of hydrogen-bond acceptors (Lipinski definition) is 4. The molecule has 0 amide bonds. The third-order valence-electron chi connectivity index (χ3n) is 5.36. The number of nitrogens with one attached hydrogen (secondary N) is 1. The molecule has 2 saturated heterocycles. The molecule has 2 aliphatic rings. The molecule has 2 aliphatic heterocycles. The summed E-state index contributed by atoms with van der Waals surface area (Å²) in [5.41, 5.74) is 3.62. The van der Waals surface area contributed by atoms with Gasteiger partial charge in [0.1, 0.15) is 5.78 Å². The average Bonchev–Trinajstić information content (AvgIpc) is 3.04. The van der Waals surface area contributed by atoms with Crippen LogP contribution >= 0.6 is 23.4 Å². The van der Waals surface area contributed by atoms with Gasteiger partial charge in [0.25, 0.3) is 0 Å². The molecule has 0 saturated carbocycles. The highest BCUT2D eigenvalue weighted by Crippen LogP contribution is 2.28. The van der Waals surface area contributed by atoms with E-state index in [1.165, 1.54) is 23.3 Å². The van der Waals surface area contributed by atoms with E-state index >= 15 is 0 Å². The number of halogens is 1. The number of rotatable bonds is 6. The highest BCUT2D eigenvalue weighted by molar-refractivity contribution is 7.99. The monoisotopic (exact) mass is 380 g/mol. The average molecular weight is 381 g/mol. The second kappa shape index (κ2) is 8.90. The molecule has 3 nitrogen and oxygen atoms in total. The van der Waals surface area contributed by atoms with Crippen molar-refractivity contribution in [3.05, 3.63) is 33.8 Å². The van der Waals surface area contributed by atoms with Crippen LogP contribution in [-0.2, 0) is 17.8 Å². The summed E-state index contributed by atoms with van der Waals surface area (Å²) in [6.45, 7) is 8.43. The molecule has 0 radical (unpaired) electrons. The molecular weight excluding hydrogens is 352 g/mol. The quantitative estimate of drug-likeness (QED) is 0.815. The van der Waals surface area contributed by atoms with Crippen LogP contribution in [0, 0.1) is 12.8 Å². The van der Waals surface area contributed by atoms with E-state index in [0.29, 0.717) is 24.2 Å². The van der Waals surface area contributed by atoms with Crippen molar-refractivity contribution in [2.45, 2.75) is 45.7 Å². The van der Waals surface area contributed by atoms with Gasteiger partial charge in [-0.1, -0.05) is 11.6 Å². The maximum atomic E-state index is 12.5. The Kier molecular flexibility index (Phi) is 6.84. The Morgan fingerprint density at radius 2 is 2.20 bits per heavy atom. The third-order valence-corrected chi connectivity index (χ3v) is 6.81. The number of hydrogen-bond donors (Lipinski definition) is 1. The number of carbonyl (C=O) groups excluding carboxylic acids is 1. The van der Waals surface area contributed by atoms with Gasteiger partial charge in [0.2, 0.25) is 0 Å². The van der Waals surface area contributed by atoms with Crippen LogP contribution in [0.1, 0.15) is 36.5 Å². The van der Waals surface area contributed by atoms with Crippen LogP contribution in [-0.4, -0.2) is 47.9 Å². The van der Waals surface area contributed by atoms with E-state index in [4.69, 9.17) is 11.6 Å². The predicted octanol–water partition coefficient (Wildman–Crippen LogP) is 3.70. The van der Waals surface area contributed by atoms with Gasteiger partial charge in [0.15, 0.2) is 0 Å². The summed E-state index contributed by atoms with van der Waals surface area (Å²) in [7, 11) is 0. The number of thioether (sulfide) groups is 1. The lowest BCUT2D eigenvalue weighted by molar-refractivity contribution is -0.119. The SMILES string of the molecule is Cc1c(CC(=O)CC2CCSC2)cc(Cl)cc1CN1CCN[C@@H](C)C1. The summed E-state index contributed by atoms with van der Waals surface area (Å²) in [6.07, 6.45) is 2.44. The first-order valence-electron chi connectivity index (χ1n) is 9.34. The molecule has 2 heterocycles. The molecule has 2 fully saturated rings. The number of piperazine rings is 1. The summed E-state index contributed by atoms with van der Waals surface area (Å²) in [4.78, 5) is 15.0. The van der Waals surface area contributed by atoms with Gasteiger partial charge in [-0.2, -0.15) is 11.8 Å². The van der Waals surface area contributed by atoms with Crippen LogP contribution < -0.4 is 5.32 Å². The molecule has 138 valence electrons. The predicted molar refractivity (Wildman–Crippen MR) is 108 cm³/mol. The molecule has 1 unspecified atom stereocenters. The summed E-state index contributed by atoms with van der Waals surface area (Å²) < 4.78 is 0. The van der Waals surface area contributed by atoms with Crippen LogP contribution in [0.4, 0.5) is 0 Å². The maximum Gasteiger partial charge on any atom is 0.137 e. The van der Waals surface area contributed by atoms with E-state index in [1.54, 1.807) is 0 Å². The number of nitrogens with zero attached hydrogens (tertiary/aromatic N) is 1. The van der Waals surface area contributed by atoms with E-state index in [1.807, 2.05) is 17.8 Å². The van der Waals surface area contributed by atoms with Crippen molar-refractivity contribution < 1.29 is 4.79 Å². The first-order chi connectivity index (χ1) is 12.0. The van der Waals surface area contributed by atoms with Crippen LogP contribution in [0.2, 0.25) is 5.02 Å². The summed E-state index contributed by atoms with van der Waals surface area (Å²) in [6, 6.07) is 4.59. The van der Waals surface area contributed by atoms with Crippen molar-refractivity contribution in [2.24, 2.45) is 5.92 Å². The Bertz CT molecular complexity index is 616. The molecule has 0 aromatic heterocycles. The normalized spacial score (nSPS) is 24.6. The summed E-state index contributed by atoms with van der Waals surface area (Å²) >= 11 is 8.35. The number of benzene rings is 1. The number of carbonyl (C=O) groups is 1. The van der Waals surface area contributed by atoms with Crippen LogP contribution in [0.25, 0.3) is 0 Å². The fourth-order valence-electron chi connectivity index (χ4n) is 3.89. The molecule has 3 rings (SSSR count). The van der Waals surface area contributed by atoms with Gasteiger partial charge in [-0.3, -0.25) is 9.69 Å². The van der Waals surface area contributed by atoms with Gasteiger partial charge in [0, 0.05) is 50.1 Å². The van der Waals surface area contributed by atoms with Gasteiger partial charge in [-0.15, -0.1) is 0 Å². The highest BCUT2D eigenvalue weighted by Gasteiger charge is 2.21. The summed E-state index contributed by atoms with van der Waals surface area (Å²) in [5.74, 6) is 3.30. The minimum atomic E-state index is 0.361. The van der Waals surface area contributed by atoms with E-state index in [9.17, 15) is 4.79 Å². The number of Topliss-reactive ketones (excluding diaryl/α,β-unsaturated/α-hetero) is 1. The van der Waals surface area contributed by atoms with Crippen molar-refractivity contribution in [1.82, 2.24) is 10.2 Å². The van der Waals surface area contributed by atoms with Crippen LogP contribution in [0.15, 0.2) is 12.1 Å². The van der Waals surface area contributed by atoms with Crippen molar-refractivity contribution in [1.29, 1.82) is 0 Å². The van der Waals surface area contributed by atoms with E-state index in [2.05, 4.69) is 30.1 Å². The molecule has 1 N–H and O–H groups in total. The molecule has 1 aromatic carbocycles. The first-order valence-corrected chi connectivity index (χ1v) is 10.9. The Morgan fingerprint density at radius 1 is 1.40 bits per heavy atom. The lowest BCUT2D eigenvalue weighted by atomic mass is 9.94. The molecule has 25 heavy (non-hydrogen) atoms. The lowest BCUT2D eigenvalue weighted by Gasteiger charge is -2.32. The molecule has 5 heteroatoms. The molecule has 1 aromatic rings. The Morgan fingerprint density at radius 3 is 2.92 bits per heavy atom. The van der Waals surface area contributed by atoms with Crippen molar-refractivity contribution in [3.8, 4) is 0 Å². The molecule has 2 atom stereocenters. The zero-order valence-corrected chi connectivity index (χ0v) is 16.9. The van der Waals surface area contributed by atoms with E-state index in [0.717, 1.165) is 48.9 Å². The fourth-order valence-corrected chi connectivity index (χ4v) is 5.44. The maximum absolute atomic E-state index is 12.5. The van der Waals surface area contributed by atoms with Gasteiger partial charge < -0.3 is 5.32 Å². The first kappa shape index (κ1) is 19.2. The molecular formula is C20H29ClN2OS. The summed E-state index contributed by atoms with van der Waals surface area (Å²) in [5, 5.41) is 4.23. The highest BCUT2D eigenvalue weighted by atomic mass is 35.5. The number of ketones is 1. The van der Waals surface area contributed by atoms with Crippen molar-refractivity contribution in [2.75, 3.05) is 31.1 Å². The zero-order chi connectivity index (χ0) is 17.8. The van der Waals surface area contributed by atoms with Gasteiger partial charge in [-0.05, 0) is 66.5 Å². The lowest BCUT2D eigenvalue weighted by Crippen LogP contribution is -2.48. The standard InChI is InChI=1S/C20H29ClN2OS/c1-14-11-23(5-4-22-14)12-18-9-19(21)8-17(15(18)2)10-20(24)7-16-3-6-25-13-16/h8-9,14,16,22H,3-7,10-13H2,1-2H3/t14-,16?/m0/s1. The topological polar surface area (TPSA) is 32.3 Å². The Balaban J connectivity index is 1.67. The minimum Gasteiger partial charge on any atom is -0.312 e. The second-order valence-corrected chi connectivity index (χ2v) is 9.17. The van der Waals surface area contributed by atoms with Crippen LogP contribution in [0.3, 0.4) is 0 Å². The minimum absolute atomic E-state index is 0.361. The molecule has 0 spiro atoms. The van der Waals surface area contributed by atoms with E-state index in [-0.39, 0.29) is 0 Å². The Labute approximate surface area is 160 Å². The smallest absolute Gasteiger partial charge is 0.137 e. The van der Waals surface area contributed by atoms with Crippen molar-refractivity contribution >= 4 is 29.1 Å². The molecule has 0 aliphatic carbocycles. The van der Waals surface area contributed by atoms with Gasteiger partial charge >= 0.3 is 0 Å². The van der Waals surface area contributed by atoms with Gasteiger partial charge in [-0.25, -0.2) is 0 Å². The van der Waals surface area contributed by atoms with Crippen molar-refractivity contribution in [3.63, 3.8) is 0 Å². The largest absolute Gasteiger partial charge is 0.312 e. The Hall–Kier alpha value is -0.550. The molecule has 0 bridgehead atoms.